The highest BCUT2D eigenvalue weighted by atomic mass is 19.3. The lowest BCUT2D eigenvalue weighted by atomic mass is 10.1. The summed E-state index contributed by atoms with van der Waals surface area (Å²) in [5.41, 5.74) is 0.575. The van der Waals surface area contributed by atoms with Gasteiger partial charge in [-0.25, -0.2) is 4.79 Å². The molecule has 0 fully saturated rings. The molecule has 0 aromatic heterocycles. The number of rotatable bonds is 6. The van der Waals surface area contributed by atoms with Crippen molar-refractivity contribution >= 4 is 12.0 Å². The number of benzene rings is 1. The second-order valence-corrected chi connectivity index (χ2v) is 5.25. The van der Waals surface area contributed by atoms with Gasteiger partial charge in [0.15, 0.2) is 5.57 Å². The zero-order valence-corrected chi connectivity index (χ0v) is 14.8. The molecular formula is C20H15F2N3O3. The fraction of sp³-hybridized carbons (Fsp3) is 0.150. The van der Waals surface area contributed by atoms with E-state index in [0.717, 1.165) is 0 Å². The van der Waals surface area contributed by atoms with Crippen molar-refractivity contribution in [3.63, 3.8) is 0 Å². The highest BCUT2D eigenvalue weighted by Gasteiger charge is 2.23. The Morgan fingerprint density at radius 1 is 1.21 bits per heavy atom. The fourth-order valence-corrected chi connectivity index (χ4v) is 2.33. The Bertz CT molecular complexity index is 917. The molecule has 0 saturated carbocycles. The molecule has 0 amide bonds. The average Bonchev–Trinajstić information content (AvgIpc) is 2.68. The smallest absolute Gasteiger partial charge is 0.387 e. The molecule has 6 nitrogen and oxygen atoms in total. The fourth-order valence-electron chi connectivity index (χ4n) is 2.33. The van der Waals surface area contributed by atoms with E-state index in [2.05, 4.69) is 4.74 Å². The molecule has 0 saturated heterocycles. The van der Waals surface area contributed by atoms with Gasteiger partial charge in [0.1, 0.15) is 23.6 Å². The minimum Gasteiger partial charge on any atom is -0.461 e. The quantitative estimate of drug-likeness (QED) is 0.421. The first-order chi connectivity index (χ1) is 13.5. The maximum absolute atomic E-state index is 12.5. The van der Waals surface area contributed by atoms with Crippen LogP contribution in [0.2, 0.25) is 0 Å². The molecule has 142 valence electrons. The van der Waals surface area contributed by atoms with E-state index in [1.54, 1.807) is 31.2 Å². The number of nitrogens with zero attached hydrogens (tertiary/aromatic N) is 3. The van der Waals surface area contributed by atoms with Crippen molar-refractivity contribution in [1.82, 2.24) is 4.90 Å². The minimum absolute atomic E-state index is 0.0255. The Kier molecular flexibility index (Phi) is 7.06. The second-order valence-electron chi connectivity index (χ2n) is 5.25. The number of hydrogen-bond acceptors (Lipinski definition) is 6. The van der Waals surface area contributed by atoms with Crippen LogP contribution in [-0.4, -0.2) is 24.1 Å². The number of esters is 1. The Hall–Kier alpha value is -3.91. The number of halogens is 2. The van der Waals surface area contributed by atoms with Gasteiger partial charge in [-0.15, -0.1) is 0 Å². The van der Waals surface area contributed by atoms with Crippen LogP contribution in [0.15, 0.2) is 65.7 Å². The molecule has 1 aromatic carbocycles. The summed E-state index contributed by atoms with van der Waals surface area (Å²) >= 11 is 0. The topological polar surface area (TPSA) is 86.3 Å². The molecule has 28 heavy (non-hydrogen) atoms. The normalized spacial score (nSPS) is 13.1. The van der Waals surface area contributed by atoms with Gasteiger partial charge in [0.25, 0.3) is 0 Å². The first kappa shape index (κ1) is 20.4. The SMILES string of the molecule is CCOC(=O)/C(=C\c1ccc(OC(F)F)cc1)N1C=CC=CC1=C(C#N)C#N. The molecule has 0 bridgehead atoms. The van der Waals surface area contributed by atoms with E-state index >= 15 is 0 Å². The molecule has 0 aliphatic carbocycles. The van der Waals surface area contributed by atoms with E-state index in [1.807, 2.05) is 0 Å². The van der Waals surface area contributed by atoms with E-state index in [-0.39, 0.29) is 29.3 Å². The predicted octanol–water partition coefficient (Wildman–Crippen LogP) is 3.88. The van der Waals surface area contributed by atoms with Gasteiger partial charge < -0.3 is 14.4 Å². The van der Waals surface area contributed by atoms with Gasteiger partial charge in [0.2, 0.25) is 0 Å². The number of allylic oxidation sites excluding steroid dienone is 4. The van der Waals surface area contributed by atoms with Gasteiger partial charge in [-0.05, 0) is 42.8 Å². The molecule has 0 atom stereocenters. The van der Waals surface area contributed by atoms with Crippen molar-refractivity contribution in [2.75, 3.05) is 6.61 Å². The third-order valence-electron chi connectivity index (χ3n) is 3.49. The summed E-state index contributed by atoms with van der Waals surface area (Å²) in [5, 5.41) is 18.4. The summed E-state index contributed by atoms with van der Waals surface area (Å²) in [6.45, 7) is -1.18. The van der Waals surface area contributed by atoms with Gasteiger partial charge in [-0.3, -0.25) is 0 Å². The van der Waals surface area contributed by atoms with Crippen molar-refractivity contribution < 1.29 is 23.0 Å². The Balaban J connectivity index is 2.49. The van der Waals surface area contributed by atoms with E-state index in [1.165, 1.54) is 47.5 Å². The third kappa shape index (κ3) is 5.05. The van der Waals surface area contributed by atoms with Crippen molar-refractivity contribution in [3.8, 4) is 17.9 Å². The van der Waals surface area contributed by atoms with E-state index in [4.69, 9.17) is 4.74 Å². The van der Waals surface area contributed by atoms with Crippen LogP contribution < -0.4 is 4.74 Å². The van der Waals surface area contributed by atoms with E-state index < -0.39 is 12.6 Å². The van der Waals surface area contributed by atoms with Crippen molar-refractivity contribution in [2.24, 2.45) is 0 Å². The third-order valence-corrected chi connectivity index (χ3v) is 3.49. The molecule has 0 N–H and O–H groups in total. The zero-order valence-electron chi connectivity index (χ0n) is 14.8. The number of hydrogen-bond donors (Lipinski definition) is 0. The van der Waals surface area contributed by atoms with Crippen molar-refractivity contribution in [1.29, 1.82) is 10.5 Å². The Morgan fingerprint density at radius 2 is 1.89 bits per heavy atom. The number of carbonyl (C=O) groups excluding carboxylic acids is 1. The monoisotopic (exact) mass is 383 g/mol. The summed E-state index contributed by atoms with van der Waals surface area (Å²) in [5.74, 6) is -0.703. The first-order valence-corrected chi connectivity index (χ1v) is 8.12. The van der Waals surface area contributed by atoms with Crippen LogP contribution in [0.5, 0.6) is 5.75 Å². The molecular weight excluding hydrogens is 368 g/mol. The first-order valence-electron chi connectivity index (χ1n) is 8.12. The highest BCUT2D eigenvalue weighted by Crippen LogP contribution is 2.25. The summed E-state index contributed by atoms with van der Waals surface area (Å²) in [4.78, 5) is 13.9. The van der Waals surface area contributed by atoms with Crippen LogP contribution >= 0.6 is 0 Å². The van der Waals surface area contributed by atoms with E-state index in [0.29, 0.717) is 5.56 Å². The predicted molar refractivity (Wildman–Crippen MR) is 96.1 cm³/mol. The molecule has 0 radical (unpaired) electrons. The molecule has 1 heterocycles. The van der Waals surface area contributed by atoms with Gasteiger partial charge in [-0.1, -0.05) is 18.2 Å². The second kappa shape index (κ2) is 9.70. The number of ether oxygens (including phenoxy) is 2. The average molecular weight is 383 g/mol. The van der Waals surface area contributed by atoms with E-state index in [9.17, 15) is 24.1 Å². The lowest BCUT2D eigenvalue weighted by Gasteiger charge is -2.25. The van der Waals surface area contributed by atoms with Crippen LogP contribution in [0.1, 0.15) is 12.5 Å². The molecule has 1 aliphatic heterocycles. The van der Waals surface area contributed by atoms with Crippen LogP contribution in [0.25, 0.3) is 6.08 Å². The van der Waals surface area contributed by atoms with Crippen molar-refractivity contribution in [3.05, 3.63) is 71.2 Å². The molecule has 0 unspecified atom stereocenters. The lowest BCUT2D eigenvalue weighted by Crippen LogP contribution is -2.25. The number of alkyl halides is 2. The van der Waals surface area contributed by atoms with Gasteiger partial charge >= 0.3 is 12.6 Å². The minimum atomic E-state index is -2.94. The van der Waals surface area contributed by atoms with Gasteiger partial charge in [-0.2, -0.15) is 19.3 Å². The maximum atomic E-state index is 12.5. The molecule has 1 aromatic rings. The van der Waals surface area contributed by atoms with Crippen molar-refractivity contribution in [2.45, 2.75) is 13.5 Å². The molecule has 1 aliphatic rings. The molecule has 2 rings (SSSR count). The Morgan fingerprint density at radius 3 is 2.46 bits per heavy atom. The lowest BCUT2D eigenvalue weighted by molar-refractivity contribution is -0.139. The summed E-state index contributed by atoms with van der Waals surface area (Å²) in [6, 6.07) is 9.22. The largest absolute Gasteiger partial charge is 0.461 e. The van der Waals surface area contributed by atoms with Crippen LogP contribution in [0.4, 0.5) is 8.78 Å². The Labute approximate surface area is 160 Å². The zero-order chi connectivity index (χ0) is 20.5. The summed E-state index contributed by atoms with van der Waals surface area (Å²) in [6.07, 6.45) is 7.75. The molecule has 0 spiro atoms. The maximum Gasteiger partial charge on any atom is 0.387 e. The number of carbonyl (C=O) groups is 1. The van der Waals surface area contributed by atoms with Crippen LogP contribution in [-0.2, 0) is 9.53 Å². The standard InChI is InChI=1S/C20H15F2N3O3/c1-2-27-19(26)18(11-14-6-8-16(9-7-14)28-20(21)22)25-10-4-3-5-17(25)15(12-23)13-24/h3-11,20H,2H2,1H3/b18-11+. The van der Waals surface area contributed by atoms with Gasteiger partial charge in [0.05, 0.1) is 12.3 Å². The van der Waals surface area contributed by atoms with Gasteiger partial charge in [0, 0.05) is 6.20 Å². The van der Waals surface area contributed by atoms with Crippen LogP contribution in [0.3, 0.4) is 0 Å². The highest BCUT2D eigenvalue weighted by molar-refractivity contribution is 5.94. The summed E-state index contributed by atoms with van der Waals surface area (Å²) in [7, 11) is 0. The molecule has 8 heteroatoms. The van der Waals surface area contributed by atoms with Crippen LogP contribution in [0, 0.1) is 22.7 Å². The summed E-state index contributed by atoms with van der Waals surface area (Å²) < 4.78 is 33.9. The number of nitriles is 2.